The van der Waals surface area contributed by atoms with Crippen LogP contribution in [0.2, 0.25) is 0 Å². The molecule has 0 atom stereocenters. The van der Waals surface area contributed by atoms with Crippen molar-refractivity contribution >= 4 is 27.7 Å². The van der Waals surface area contributed by atoms with Gasteiger partial charge in [-0.05, 0) is 53.9 Å². The van der Waals surface area contributed by atoms with Gasteiger partial charge in [0.25, 0.3) is 0 Å². The Balaban J connectivity index is 1.30. The smallest absolute Gasteiger partial charge is 0.195 e. The SMILES string of the molecule is Cc1nc2c(Cc3cccc(C(=O)c4c[nH]c5cc(-c6ccc(F)cc6)ccc45)c3)nccc2[nH]1. The quantitative estimate of drug-likeness (QED) is 0.293. The molecule has 0 radical (unpaired) electrons. The zero-order valence-electron chi connectivity index (χ0n) is 19.0. The summed E-state index contributed by atoms with van der Waals surface area (Å²) in [5.74, 6) is 0.534. The van der Waals surface area contributed by atoms with Crippen molar-refractivity contribution in [3.05, 3.63) is 119 Å². The molecule has 3 aromatic carbocycles. The summed E-state index contributed by atoms with van der Waals surface area (Å²) < 4.78 is 13.3. The van der Waals surface area contributed by atoms with Crippen LogP contribution in [0.3, 0.4) is 0 Å². The molecular weight excluding hydrogens is 439 g/mol. The zero-order chi connectivity index (χ0) is 23.9. The third-order valence-electron chi connectivity index (χ3n) is 6.26. The Kier molecular flexibility index (Phi) is 4.99. The second kappa shape index (κ2) is 8.33. The van der Waals surface area contributed by atoms with Crippen molar-refractivity contribution in [2.75, 3.05) is 0 Å². The number of H-pyrrole nitrogens is 2. The molecule has 0 saturated heterocycles. The number of aromatic nitrogens is 4. The van der Waals surface area contributed by atoms with Crippen LogP contribution in [0.1, 0.15) is 33.0 Å². The van der Waals surface area contributed by atoms with Gasteiger partial charge >= 0.3 is 0 Å². The van der Waals surface area contributed by atoms with E-state index in [0.29, 0.717) is 17.5 Å². The number of aryl methyl sites for hydroxylation is 1. The van der Waals surface area contributed by atoms with Gasteiger partial charge < -0.3 is 9.97 Å². The topological polar surface area (TPSA) is 74.4 Å². The van der Waals surface area contributed by atoms with Gasteiger partial charge in [-0.15, -0.1) is 0 Å². The minimum Gasteiger partial charge on any atom is -0.360 e. The maximum atomic E-state index is 13.4. The van der Waals surface area contributed by atoms with Gasteiger partial charge in [-0.1, -0.05) is 42.5 Å². The molecule has 0 aliphatic rings. The van der Waals surface area contributed by atoms with E-state index in [1.165, 1.54) is 12.1 Å². The molecule has 0 aliphatic carbocycles. The highest BCUT2D eigenvalue weighted by Crippen LogP contribution is 2.28. The number of halogens is 1. The molecule has 2 N–H and O–H groups in total. The molecule has 0 bridgehead atoms. The fourth-order valence-electron chi connectivity index (χ4n) is 4.55. The number of pyridine rings is 1. The number of imidazole rings is 1. The van der Waals surface area contributed by atoms with E-state index in [1.54, 1.807) is 24.5 Å². The molecule has 0 aliphatic heterocycles. The molecule has 6 aromatic rings. The van der Waals surface area contributed by atoms with E-state index in [2.05, 4.69) is 19.9 Å². The van der Waals surface area contributed by atoms with Gasteiger partial charge in [-0.2, -0.15) is 0 Å². The summed E-state index contributed by atoms with van der Waals surface area (Å²) in [5, 5.41) is 0.852. The van der Waals surface area contributed by atoms with Crippen LogP contribution in [0.25, 0.3) is 33.1 Å². The number of hydrogen-bond donors (Lipinski definition) is 2. The van der Waals surface area contributed by atoms with Crippen LogP contribution in [0.5, 0.6) is 0 Å². The number of carbonyl (C=O) groups excluding carboxylic acids is 1. The zero-order valence-corrected chi connectivity index (χ0v) is 19.0. The molecule has 0 spiro atoms. The molecule has 6 heteroatoms. The summed E-state index contributed by atoms with van der Waals surface area (Å²) in [6, 6.07) is 21.8. The predicted octanol–water partition coefficient (Wildman–Crippen LogP) is 6.38. The summed E-state index contributed by atoms with van der Waals surface area (Å²) in [5.41, 5.74) is 7.65. The predicted molar refractivity (Wildman–Crippen MR) is 135 cm³/mol. The molecule has 35 heavy (non-hydrogen) atoms. The third kappa shape index (κ3) is 3.89. The van der Waals surface area contributed by atoms with E-state index in [-0.39, 0.29) is 11.6 Å². The van der Waals surface area contributed by atoms with Crippen LogP contribution in [-0.4, -0.2) is 25.7 Å². The Hall–Kier alpha value is -4.58. The number of nitrogens with zero attached hydrogens (tertiary/aromatic N) is 2. The summed E-state index contributed by atoms with van der Waals surface area (Å²) in [7, 11) is 0. The van der Waals surface area contributed by atoms with Crippen molar-refractivity contribution in [3.63, 3.8) is 0 Å². The largest absolute Gasteiger partial charge is 0.360 e. The van der Waals surface area contributed by atoms with Crippen LogP contribution in [0.15, 0.2) is 85.2 Å². The van der Waals surface area contributed by atoms with E-state index in [0.717, 1.165) is 50.1 Å². The van der Waals surface area contributed by atoms with Gasteiger partial charge in [-0.25, -0.2) is 9.37 Å². The number of aromatic amines is 2. The van der Waals surface area contributed by atoms with Crippen molar-refractivity contribution in [2.24, 2.45) is 0 Å². The number of ketones is 1. The first-order valence-electron chi connectivity index (χ1n) is 11.4. The molecule has 170 valence electrons. The second-order valence-corrected chi connectivity index (χ2v) is 8.65. The number of rotatable bonds is 5. The summed E-state index contributed by atoms with van der Waals surface area (Å²) in [4.78, 5) is 29.0. The summed E-state index contributed by atoms with van der Waals surface area (Å²) >= 11 is 0. The van der Waals surface area contributed by atoms with E-state index in [4.69, 9.17) is 0 Å². The van der Waals surface area contributed by atoms with Crippen LogP contribution in [-0.2, 0) is 6.42 Å². The van der Waals surface area contributed by atoms with Gasteiger partial charge in [0.15, 0.2) is 5.78 Å². The molecule has 5 nitrogen and oxygen atoms in total. The highest BCUT2D eigenvalue weighted by Gasteiger charge is 2.16. The highest BCUT2D eigenvalue weighted by molar-refractivity contribution is 6.16. The van der Waals surface area contributed by atoms with Gasteiger partial charge in [0, 0.05) is 40.8 Å². The molecule has 3 aromatic heterocycles. The van der Waals surface area contributed by atoms with E-state index in [1.807, 2.05) is 55.5 Å². The third-order valence-corrected chi connectivity index (χ3v) is 6.26. The lowest BCUT2D eigenvalue weighted by atomic mass is 9.98. The minimum absolute atomic E-state index is 0.0468. The molecule has 0 saturated carbocycles. The van der Waals surface area contributed by atoms with Crippen molar-refractivity contribution < 1.29 is 9.18 Å². The lowest BCUT2D eigenvalue weighted by Crippen LogP contribution is -2.02. The average Bonchev–Trinajstić information content (AvgIpc) is 3.47. The maximum absolute atomic E-state index is 13.4. The molecule has 0 fully saturated rings. The highest BCUT2D eigenvalue weighted by atomic mass is 19.1. The first kappa shape index (κ1) is 21.0. The minimum atomic E-state index is -0.267. The van der Waals surface area contributed by atoms with Crippen molar-refractivity contribution in [1.82, 2.24) is 19.9 Å². The Morgan fingerprint density at radius 1 is 0.943 bits per heavy atom. The summed E-state index contributed by atoms with van der Waals surface area (Å²) in [6.45, 7) is 1.92. The normalized spacial score (nSPS) is 11.4. The molecule has 3 heterocycles. The molecule has 0 amide bonds. The Bertz CT molecular complexity index is 1710. The number of nitrogens with one attached hydrogen (secondary N) is 2. The lowest BCUT2D eigenvalue weighted by Gasteiger charge is -2.06. The molecule has 0 unspecified atom stereocenters. The Morgan fingerprint density at radius 2 is 1.77 bits per heavy atom. The second-order valence-electron chi connectivity index (χ2n) is 8.65. The fraction of sp³-hybridized carbons (Fsp3) is 0.0690. The van der Waals surface area contributed by atoms with Crippen molar-refractivity contribution in [2.45, 2.75) is 13.3 Å². The van der Waals surface area contributed by atoms with Crippen molar-refractivity contribution in [3.8, 4) is 11.1 Å². The van der Waals surface area contributed by atoms with Crippen molar-refractivity contribution in [1.29, 1.82) is 0 Å². The van der Waals surface area contributed by atoms with E-state index >= 15 is 0 Å². The summed E-state index contributed by atoms with van der Waals surface area (Å²) in [6.07, 6.45) is 4.11. The van der Waals surface area contributed by atoms with Gasteiger partial charge in [0.2, 0.25) is 0 Å². The van der Waals surface area contributed by atoms with E-state index in [9.17, 15) is 9.18 Å². The number of carbonyl (C=O) groups is 1. The van der Waals surface area contributed by atoms with Gasteiger partial charge in [0.05, 0.1) is 11.2 Å². The lowest BCUT2D eigenvalue weighted by molar-refractivity contribution is 0.104. The van der Waals surface area contributed by atoms with Crippen LogP contribution in [0.4, 0.5) is 4.39 Å². The van der Waals surface area contributed by atoms with Gasteiger partial charge in [0.1, 0.15) is 17.2 Å². The average molecular weight is 461 g/mol. The van der Waals surface area contributed by atoms with Crippen LogP contribution < -0.4 is 0 Å². The standard InChI is InChI=1S/C29H21FN4O/c1-17-33-25-11-12-31-27(28(25)34-17)14-18-3-2-4-21(13-18)29(35)24-16-32-26-15-20(7-10-23(24)26)19-5-8-22(30)9-6-19/h2-13,15-16,32H,14H2,1H3,(H,33,34). The number of fused-ring (bicyclic) bond motifs is 2. The maximum Gasteiger partial charge on any atom is 0.195 e. The Labute approximate surface area is 200 Å². The number of hydrogen-bond acceptors (Lipinski definition) is 3. The van der Waals surface area contributed by atoms with Gasteiger partial charge in [-0.3, -0.25) is 9.78 Å². The first-order chi connectivity index (χ1) is 17.0. The van der Waals surface area contributed by atoms with Crippen LogP contribution in [0, 0.1) is 12.7 Å². The fourth-order valence-corrected chi connectivity index (χ4v) is 4.55. The molecular formula is C29H21FN4O. The first-order valence-corrected chi connectivity index (χ1v) is 11.4. The van der Waals surface area contributed by atoms with E-state index < -0.39 is 0 Å². The number of benzene rings is 3. The monoisotopic (exact) mass is 460 g/mol. The van der Waals surface area contributed by atoms with Crippen LogP contribution >= 0.6 is 0 Å². The molecule has 6 rings (SSSR count). The Morgan fingerprint density at radius 3 is 2.63 bits per heavy atom.